The molecule has 1 atom stereocenters. The Balaban J connectivity index is 1.62. The van der Waals surface area contributed by atoms with Crippen molar-refractivity contribution in [3.8, 4) is 17.2 Å². The number of carbonyl (C=O) groups excluding carboxylic acids is 2. The zero-order chi connectivity index (χ0) is 27.3. The maximum absolute atomic E-state index is 13.8. The number of nitrogens with one attached hydrogen (secondary N) is 1. The van der Waals surface area contributed by atoms with Gasteiger partial charge < -0.3 is 24.4 Å². The molecule has 0 spiro atoms. The van der Waals surface area contributed by atoms with E-state index in [2.05, 4.69) is 5.32 Å². The van der Waals surface area contributed by atoms with Crippen LogP contribution < -0.4 is 23.8 Å². The largest absolute Gasteiger partial charge is 0.497 e. The predicted octanol–water partition coefficient (Wildman–Crippen LogP) is 3.06. The van der Waals surface area contributed by atoms with Crippen LogP contribution in [0.1, 0.15) is 44.6 Å². The Kier molecular flexibility index (Phi) is 8.65. The van der Waals surface area contributed by atoms with Gasteiger partial charge in [-0.05, 0) is 49.1 Å². The van der Waals surface area contributed by atoms with Gasteiger partial charge in [-0.15, -0.1) is 0 Å². The monoisotopic (exact) mass is 545 g/mol. The lowest BCUT2D eigenvalue weighted by Gasteiger charge is -2.33. The van der Waals surface area contributed by atoms with Crippen LogP contribution in [0.5, 0.6) is 17.2 Å². The highest BCUT2D eigenvalue weighted by atomic mass is 32.2. The van der Waals surface area contributed by atoms with E-state index in [4.69, 9.17) is 14.2 Å². The van der Waals surface area contributed by atoms with Gasteiger partial charge in [-0.1, -0.05) is 31.9 Å². The molecule has 206 valence electrons. The number of nitrogens with zero attached hydrogens (tertiary/aromatic N) is 2. The summed E-state index contributed by atoms with van der Waals surface area (Å²) in [5.41, 5.74) is 1.07. The Morgan fingerprint density at radius 1 is 1.08 bits per heavy atom. The van der Waals surface area contributed by atoms with Gasteiger partial charge in [0.15, 0.2) is 11.5 Å². The van der Waals surface area contributed by atoms with Gasteiger partial charge in [0, 0.05) is 18.7 Å². The number of fused-ring (bicyclic) bond motifs is 1. The second kappa shape index (κ2) is 11.9. The normalized spacial score (nSPS) is 15.7. The van der Waals surface area contributed by atoms with Crippen LogP contribution >= 0.6 is 0 Å². The van der Waals surface area contributed by atoms with Crippen LogP contribution in [0.4, 0.5) is 5.69 Å². The van der Waals surface area contributed by atoms with Crippen LogP contribution in [-0.4, -0.2) is 63.9 Å². The summed E-state index contributed by atoms with van der Waals surface area (Å²) >= 11 is 0. The van der Waals surface area contributed by atoms with E-state index in [0.29, 0.717) is 23.7 Å². The Hall–Kier alpha value is -3.47. The summed E-state index contributed by atoms with van der Waals surface area (Å²) in [6.45, 7) is 1.56. The van der Waals surface area contributed by atoms with Crippen molar-refractivity contribution in [2.24, 2.45) is 0 Å². The first-order chi connectivity index (χ1) is 18.2. The number of anilines is 1. The molecule has 0 radical (unpaired) electrons. The summed E-state index contributed by atoms with van der Waals surface area (Å²) in [5, 5.41) is 3.10. The number of carbonyl (C=O) groups is 2. The molecular formula is C27H35N3O7S. The zero-order valence-electron chi connectivity index (χ0n) is 22.0. The fraction of sp³-hybridized carbons (Fsp3) is 0.481. The Morgan fingerprint density at radius 3 is 2.39 bits per heavy atom. The third-order valence-electron chi connectivity index (χ3n) is 6.92. The molecule has 1 saturated carbocycles. The second-order valence-corrected chi connectivity index (χ2v) is 11.5. The van der Waals surface area contributed by atoms with Gasteiger partial charge in [-0.3, -0.25) is 13.9 Å². The molecule has 2 aliphatic rings. The van der Waals surface area contributed by atoms with Crippen molar-refractivity contribution >= 4 is 27.5 Å². The lowest BCUT2D eigenvalue weighted by atomic mass is 10.1. The van der Waals surface area contributed by atoms with E-state index in [0.717, 1.165) is 41.8 Å². The van der Waals surface area contributed by atoms with Crippen molar-refractivity contribution in [1.29, 1.82) is 0 Å². The lowest BCUT2D eigenvalue weighted by Crippen LogP contribution is -2.53. The van der Waals surface area contributed by atoms with Crippen LogP contribution in [0, 0.1) is 0 Å². The van der Waals surface area contributed by atoms with Gasteiger partial charge >= 0.3 is 0 Å². The molecule has 1 aliphatic carbocycles. The maximum Gasteiger partial charge on any atom is 0.244 e. The average molecular weight is 546 g/mol. The molecule has 0 aromatic heterocycles. The fourth-order valence-corrected chi connectivity index (χ4v) is 5.71. The smallest absolute Gasteiger partial charge is 0.244 e. The maximum atomic E-state index is 13.8. The first-order valence-electron chi connectivity index (χ1n) is 12.8. The molecule has 1 fully saturated rings. The SMILES string of the molecule is CC[C@H](C(=O)NC1CCCC1)N(Cc1ccc(OC)cc1)C(=O)CN(c1ccc2c(c1)OCO2)S(C)(=O)=O. The third-order valence-corrected chi connectivity index (χ3v) is 8.06. The minimum atomic E-state index is -3.84. The van der Waals surface area contributed by atoms with E-state index < -0.39 is 28.5 Å². The summed E-state index contributed by atoms with van der Waals surface area (Å²) in [5.74, 6) is 0.863. The molecule has 1 N–H and O–H groups in total. The van der Waals surface area contributed by atoms with Gasteiger partial charge in [-0.2, -0.15) is 0 Å². The summed E-state index contributed by atoms with van der Waals surface area (Å²) in [7, 11) is -2.27. The van der Waals surface area contributed by atoms with E-state index >= 15 is 0 Å². The molecule has 1 aliphatic heterocycles. The molecule has 4 rings (SSSR count). The molecule has 0 bridgehead atoms. The second-order valence-electron chi connectivity index (χ2n) is 9.59. The van der Waals surface area contributed by atoms with Crippen LogP contribution in [-0.2, 0) is 26.2 Å². The molecule has 38 heavy (non-hydrogen) atoms. The molecule has 0 saturated heterocycles. The molecule has 2 aromatic rings. The Labute approximate surface area is 223 Å². The molecule has 11 heteroatoms. The summed E-state index contributed by atoms with van der Waals surface area (Å²) in [4.78, 5) is 28.7. The van der Waals surface area contributed by atoms with E-state index in [1.807, 2.05) is 19.1 Å². The average Bonchev–Trinajstić information content (AvgIpc) is 3.58. The number of amides is 2. The van der Waals surface area contributed by atoms with Crippen molar-refractivity contribution in [1.82, 2.24) is 10.2 Å². The van der Waals surface area contributed by atoms with E-state index in [-0.39, 0.29) is 31.0 Å². The molecule has 1 heterocycles. The number of sulfonamides is 1. The van der Waals surface area contributed by atoms with Crippen molar-refractivity contribution < 1.29 is 32.2 Å². The van der Waals surface area contributed by atoms with Crippen LogP contribution in [0.3, 0.4) is 0 Å². The topological polar surface area (TPSA) is 114 Å². The number of rotatable bonds is 11. The van der Waals surface area contributed by atoms with E-state index in [9.17, 15) is 18.0 Å². The van der Waals surface area contributed by atoms with Gasteiger partial charge in [0.1, 0.15) is 18.3 Å². The standard InChI is InChI=1S/C27H35N3O7S/c1-4-23(27(32)28-20-7-5-6-8-20)29(16-19-9-12-22(35-2)13-10-19)26(31)17-30(38(3,33)34)21-11-14-24-25(15-21)37-18-36-24/h9-15,20,23H,4-8,16-18H2,1-3H3,(H,28,32)/t23-/m1/s1. The molecular weight excluding hydrogens is 510 g/mol. The number of benzene rings is 2. The van der Waals surface area contributed by atoms with Crippen molar-refractivity contribution in [3.05, 3.63) is 48.0 Å². The number of methoxy groups -OCH3 is 1. The van der Waals surface area contributed by atoms with E-state index in [1.165, 1.54) is 11.0 Å². The van der Waals surface area contributed by atoms with Gasteiger partial charge in [-0.25, -0.2) is 8.42 Å². The van der Waals surface area contributed by atoms with Gasteiger partial charge in [0.2, 0.25) is 28.6 Å². The highest BCUT2D eigenvalue weighted by Gasteiger charge is 2.33. The Morgan fingerprint density at radius 2 is 1.76 bits per heavy atom. The predicted molar refractivity (Wildman–Crippen MR) is 143 cm³/mol. The van der Waals surface area contributed by atoms with Crippen LogP contribution in [0.2, 0.25) is 0 Å². The van der Waals surface area contributed by atoms with Crippen molar-refractivity contribution in [2.75, 3.05) is 31.0 Å². The van der Waals surface area contributed by atoms with Crippen molar-refractivity contribution in [3.63, 3.8) is 0 Å². The molecule has 10 nitrogen and oxygen atoms in total. The molecule has 2 amide bonds. The Bertz CT molecular complexity index is 1240. The highest BCUT2D eigenvalue weighted by Crippen LogP contribution is 2.36. The van der Waals surface area contributed by atoms with Crippen LogP contribution in [0.25, 0.3) is 0 Å². The van der Waals surface area contributed by atoms with Crippen LogP contribution in [0.15, 0.2) is 42.5 Å². The minimum absolute atomic E-state index is 0.0422. The fourth-order valence-electron chi connectivity index (χ4n) is 4.87. The quantitative estimate of drug-likeness (QED) is 0.462. The number of ether oxygens (including phenoxy) is 3. The number of hydrogen-bond donors (Lipinski definition) is 1. The molecule has 2 aromatic carbocycles. The first-order valence-corrected chi connectivity index (χ1v) is 14.6. The van der Waals surface area contributed by atoms with E-state index in [1.54, 1.807) is 31.4 Å². The highest BCUT2D eigenvalue weighted by molar-refractivity contribution is 7.92. The third kappa shape index (κ3) is 6.50. The molecule has 0 unspecified atom stereocenters. The minimum Gasteiger partial charge on any atom is -0.497 e. The van der Waals surface area contributed by atoms with Gasteiger partial charge in [0.25, 0.3) is 0 Å². The van der Waals surface area contributed by atoms with Gasteiger partial charge in [0.05, 0.1) is 19.1 Å². The lowest BCUT2D eigenvalue weighted by molar-refractivity contribution is -0.140. The summed E-state index contributed by atoms with van der Waals surface area (Å²) in [6, 6.07) is 11.3. The summed E-state index contributed by atoms with van der Waals surface area (Å²) < 4.78 is 42.6. The van der Waals surface area contributed by atoms with Crippen molar-refractivity contribution in [2.45, 2.75) is 57.7 Å². The number of hydrogen-bond acceptors (Lipinski definition) is 7. The first kappa shape index (κ1) is 27.6. The zero-order valence-corrected chi connectivity index (χ0v) is 22.8. The summed E-state index contributed by atoms with van der Waals surface area (Å²) in [6.07, 6.45) is 5.39.